The van der Waals surface area contributed by atoms with Gasteiger partial charge in [0.05, 0.1) is 0 Å². The number of carbonyl (C=O) groups is 1. The molecule has 1 aliphatic carbocycles. The van der Waals surface area contributed by atoms with E-state index in [0.29, 0.717) is 12.3 Å². The van der Waals surface area contributed by atoms with Gasteiger partial charge >= 0.3 is 5.97 Å². The zero-order chi connectivity index (χ0) is 11.1. The van der Waals surface area contributed by atoms with E-state index in [1.54, 1.807) is 0 Å². The summed E-state index contributed by atoms with van der Waals surface area (Å²) in [6.07, 6.45) is 10.5. The van der Waals surface area contributed by atoms with Gasteiger partial charge in [0, 0.05) is 6.42 Å². The molecule has 0 amide bonds. The van der Waals surface area contributed by atoms with Crippen LogP contribution in [0.3, 0.4) is 0 Å². The van der Waals surface area contributed by atoms with Crippen LogP contribution in [0, 0.1) is 11.8 Å². The van der Waals surface area contributed by atoms with Crippen molar-refractivity contribution in [3.05, 3.63) is 0 Å². The minimum atomic E-state index is -0.616. The van der Waals surface area contributed by atoms with Gasteiger partial charge in [-0.2, -0.15) is 0 Å². The Morgan fingerprint density at radius 2 is 2.00 bits per heavy atom. The van der Waals surface area contributed by atoms with Crippen LogP contribution in [-0.2, 0) is 4.79 Å². The highest BCUT2D eigenvalue weighted by molar-refractivity contribution is 5.67. The Balaban J connectivity index is 2.19. The van der Waals surface area contributed by atoms with E-state index in [2.05, 4.69) is 6.92 Å². The van der Waals surface area contributed by atoms with Crippen LogP contribution in [0.4, 0.5) is 0 Å². The van der Waals surface area contributed by atoms with Crippen molar-refractivity contribution < 1.29 is 9.90 Å². The molecule has 0 aromatic rings. The molecular weight excluding hydrogens is 188 g/mol. The van der Waals surface area contributed by atoms with Gasteiger partial charge in [-0.15, -0.1) is 0 Å². The summed E-state index contributed by atoms with van der Waals surface area (Å²) >= 11 is 0. The normalized spacial score (nSPS) is 26.5. The third-order valence-electron chi connectivity index (χ3n) is 3.57. The molecule has 2 heteroatoms. The van der Waals surface area contributed by atoms with Gasteiger partial charge < -0.3 is 5.11 Å². The second-order valence-corrected chi connectivity index (χ2v) is 4.99. The first-order chi connectivity index (χ1) is 7.22. The predicted molar refractivity (Wildman–Crippen MR) is 61.8 cm³/mol. The molecule has 0 spiro atoms. The lowest BCUT2D eigenvalue weighted by atomic mass is 9.78. The van der Waals surface area contributed by atoms with Crippen LogP contribution in [0.2, 0.25) is 0 Å². The quantitative estimate of drug-likeness (QED) is 0.679. The number of hydrogen-bond donors (Lipinski definition) is 1. The SMILES string of the molecule is CCCCC[C@H]1CCC[C@@H](CC(=O)O)C1. The largest absolute Gasteiger partial charge is 0.481 e. The average Bonchev–Trinajstić information content (AvgIpc) is 2.18. The number of rotatable bonds is 6. The van der Waals surface area contributed by atoms with Crippen molar-refractivity contribution in [2.24, 2.45) is 11.8 Å². The van der Waals surface area contributed by atoms with E-state index in [4.69, 9.17) is 5.11 Å². The molecule has 0 bridgehead atoms. The summed E-state index contributed by atoms with van der Waals surface area (Å²) in [5.74, 6) is 0.659. The molecule has 0 heterocycles. The van der Waals surface area contributed by atoms with E-state index in [0.717, 1.165) is 18.8 Å². The minimum absolute atomic E-state index is 0.393. The Labute approximate surface area is 93.1 Å². The number of unbranched alkanes of at least 4 members (excludes halogenated alkanes) is 2. The molecule has 1 aliphatic rings. The molecule has 2 nitrogen and oxygen atoms in total. The Morgan fingerprint density at radius 1 is 1.27 bits per heavy atom. The standard InChI is InChI=1S/C13H24O2/c1-2-3-4-6-11-7-5-8-12(9-11)10-13(14)15/h11-12H,2-10H2,1H3,(H,14,15)/t11-,12+/m0/s1. The van der Waals surface area contributed by atoms with Gasteiger partial charge in [0.15, 0.2) is 0 Å². The maximum atomic E-state index is 10.6. The molecule has 0 aliphatic heterocycles. The van der Waals surface area contributed by atoms with E-state index >= 15 is 0 Å². The molecule has 1 fully saturated rings. The molecular formula is C13H24O2. The predicted octanol–water partition coefficient (Wildman–Crippen LogP) is 3.85. The fraction of sp³-hybridized carbons (Fsp3) is 0.923. The van der Waals surface area contributed by atoms with Gasteiger partial charge in [0.1, 0.15) is 0 Å². The number of carboxylic acid groups (broad SMARTS) is 1. The molecule has 2 atom stereocenters. The monoisotopic (exact) mass is 212 g/mol. The fourth-order valence-corrected chi connectivity index (χ4v) is 2.78. The van der Waals surface area contributed by atoms with Crippen molar-refractivity contribution in [2.75, 3.05) is 0 Å². The molecule has 88 valence electrons. The Hall–Kier alpha value is -0.530. The summed E-state index contributed by atoms with van der Waals surface area (Å²) in [5.41, 5.74) is 0. The van der Waals surface area contributed by atoms with Gasteiger partial charge in [-0.1, -0.05) is 45.4 Å². The van der Waals surface area contributed by atoms with Crippen molar-refractivity contribution in [1.82, 2.24) is 0 Å². The van der Waals surface area contributed by atoms with E-state index < -0.39 is 5.97 Å². The van der Waals surface area contributed by atoms with E-state index in [1.807, 2.05) is 0 Å². The molecule has 0 saturated heterocycles. The van der Waals surface area contributed by atoms with E-state index in [9.17, 15) is 4.79 Å². The summed E-state index contributed by atoms with van der Waals surface area (Å²) in [7, 11) is 0. The van der Waals surface area contributed by atoms with Gasteiger partial charge in [-0.25, -0.2) is 0 Å². The minimum Gasteiger partial charge on any atom is -0.481 e. The summed E-state index contributed by atoms with van der Waals surface area (Å²) in [6, 6.07) is 0. The molecule has 0 radical (unpaired) electrons. The van der Waals surface area contributed by atoms with Crippen LogP contribution in [0.25, 0.3) is 0 Å². The summed E-state index contributed by atoms with van der Waals surface area (Å²) < 4.78 is 0. The highest BCUT2D eigenvalue weighted by Crippen LogP contribution is 2.33. The zero-order valence-electron chi connectivity index (χ0n) is 9.87. The fourth-order valence-electron chi connectivity index (χ4n) is 2.78. The van der Waals surface area contributed by atoms with E-state index in [-0.39, 0.29) is 0 Å². The van der Waals surface area contributed by atoms with Gasteiger partial charge in [-0.3, -0.25) is 4.79 Å². The summed E-state index contributed by atoms with van der Waals surface area (Å²) in [6.45, 7) is 2.23. The van der Waals surface area contributed by atoms with Crippen LogP contribution >= 0.6 is 0 Å². The van der Waals surface area contributed by atoms with Gasteiger partial charge in [0.25, 0.3) is 0 Å². The van der Waals surface area contributed by atoms with Crippen LogP contribution in [0.1, 0.15) is 64.7 Å². The number of aliphatic carboxylic acids is 1. The lowest BCUT2D eigenvalue weighted by Crippen LogP contribution is -2.18. The first-order valence-corrected chi connectivity index (χ1v) is 6.44. The highest BCUT2D eigenvalue weighted by Gasteiger charge is 2.23. The third kappa shape index (κ3) is 5.19. The van der Waals surface area contributed by atoms with Crippen molar-refractivity contribution in [2.45, 2.75) is 64.7 Å². The Morgan fingerprint density at radius 3 is 2.67 bits per heavy atom. The summed E-state index contributed by atoms with van der Waals surface area (Å²) in [5, 5.41) is 8.77. The van der Waals surface area contributed by atoms with Crippen molar-refractivity contribution in [1.29, 1.82) is 0 Å². The lowest BCUT2D eigenvalue weighted by molar-refractivity contribution is -0.138. The maximum Gasteiger partial charge on any atom is 0.303 e. The van der Waals surface area contributed by atoms with Crippen LogP contribution in [-0.4, -0.2) is 11.1 Å². The molecule has 1 saturated carbocycles. The second-order valence-electron chi connectivity index (χ2n) is 4.99. The Bertz CT molecular complexity index is 189. The molecule has 1 N–H and O–H groups in total. The second kappa shape index (κ2) is 6.86. The molecule has 0 unspecified atom stereocenters. The molecule has 15 heavy (non-hydrogen) atoms. The first-order valence-electron chi connectivity index (χ1n) is 6.44. The molecule has 1 rings (SSSR count). The maximum absolute atomic E-state index is 10.6. The molecule has 0 aromatic heterocycles. The van der Waals surface area contributed by atoms with Crippen LogP contribution in [0.15, 0.2) is 0 Å². The zero-order valence-corrected chi connectivity index (χ0v) is 9.87. The number of carboxylic acids is 1. The van der Waals surface area contributed by atoms with Crippen molar-refractivity contribution in [3.63, 3.8) is 0 Å². The van der Waals surface area contributed by atoms with Gasteiger partial charge in [0.2, 0.25) is 0 Å². The van der Waals surface area contributed by atoms with Crippen LogP contribution in [0.5, 0.6) is 0 Å². The Kier molecular flexibility index (Phi) is 5.74. The average molecular weight is 212 g/mol. The third-order valence-corrected chi connectivity index (χ3v) is 3.57. The van der Waals surface area contributed by atoms with Crippen LogP contribution < -0.4 is 0 Å². The number of hydrogen-bond acceptors (Lipinski definition) is 1. The topological polar surface area (TPSA) is 37.3 Å². The first kappa shape index (κ1) is 12.5. The lowest BCUT2D eigenvalue weighted by Gasteiger charge is -2.28. The summed E-state index contributed by atoms with van der Waals surface area (Å²) in [4.78, 5) is 10.6. The van der Waals surface area contributed by atoms with Crippen molar-refractivity contribution in [3.8, 4) is 0 Å². The smallest absolute Gasteiger partial charge is 0.303 e. The van der Waals surface area contributed by atoms with E-state index in [1.165, 1.54) is 38.5 Å². The highest BCUT2D eigenvalue weighted by atomic mass is 16.4. The van der Waals surface area contributed by atoms with Gasteiger partial charge in [-0.05, 0) is 24.7 Å². The molecule has 0 aromatic carbocycles. The van der Waals surface area contributed by atoms with Crippen molar-refractivity contribution >= 4 is 5.97 Å².